The molecule has 0 saturated carbocycles. The Hall–Kier alpha value is -3.43. The number of nitriles is 1. The molecule has 0 aliphatic carbocycles. The highest BCUT2D eigenvalue weighted by molar-refractivity contribution is 7.07. The normalized spacial score (nSPS) is 15.0. The van der Waals surface area contributed by atoms with Gasteiger partial charge in [0.05, 0.1) is 10.2 Å². The van der Waals surface area contributed by atoms with Gasteiger partial charge in [-0.1, -0.05) is 41.5 Å². The summed E-state index contributed by atoms with van der Waals surface area (Å²) in [6.45, 7) is 9.27. The fraction of sp³-hybridized carbons (Fsp3) is 0.296. The Kier molecular flexibility index (Phi) is 6.35. The highest BCUT2D eigenvalue weighted by Gasteiger charge is 2.24. The lowest BCUT2D eigenvalue weighted by atomic mass is 10.1. The molecular formula is C27H27N3O2S. The Bertz CT molecular complexity index is 1460. The summed E-state index contributed by atoms with van der Waals surface area (Å²) in [5, 5.41) is 10.0. The van der Waals surface area contributed by atoms with Crippen molar-refractivity contribution in [3.8, 4) is 11.8 Å². The van der Waals surface area contributed by atoms with Crippen molar-refractivity contribution in [1.82, 2.24) is 9.47 Å². The number of thiazole rings is 1. The van der Waals surface area contributed by atoms with Gasteiger partial charge in [-0.2, -0.15) is 5.26 Å². The molecule has 5 nitrogen and oxygen atoms in total. The number of aromatic nitrogens is 1. The molecule has 4 rings (SSSR count). The summed E-state index contributed by atoms with van der Waals surface area (Å²) in [4.78, 5) is 28.6. The summed E-state index contributed by atoms with van der Waals surface area (Å²) < 4.78 is 2.43. The lowest BCUT2D eigenvalue weighted by molar-refractivity contribution is -0.123. The number of benzene rings is 2. The topological polar surface area (TPSA) is 66.1 Å². The summed E-state index contributed by atoms with van der Waals surface area (Å²) in [5.41, 5.74) is 5.67. The predicted molar refractivity (Wildman–Crippen MR) is 133 cm³/mol. The van der Waals surface area contributed by atoms with Crippen LogP contribution in [0.25, 0.3) is 17.3 Å². The molecular weight excluding hydrogens is 430 g/mol. The van der Waals surface area contributed by atoms with Crippen molar-refractivity contribution >= 4 is 28.9 Å². The molecule has 1 aliphatic heterocycles. The first-order valence-corrected chi connectivity index (χ1v) is 11.9. The highest BCUT2D eigenvalue weighted by atomic mass is 32.1. The third-order valence-electron chi connectivity index (χ3n) is 6.06. The van der Waals surface area contributed by atoms with E-state index in [1.165, 1.54) is 11.3 Å². The molecule has 0 atom stereocenters. The van der Waals surface area contributed by atoms with Crippen LogP contribution >= 0.6 is 11.3 Å². The molecule has 0 unspecified atom stereocenters. The maximum Gasteiger partial charge on any atom is 0.273 e. The van der Waals surface area contributed by atoms with Crippen molar-refractivity contribution in [2.24, 2.45) is 0 Å². The fourth-order valence-electron chi connectivity index (χ4n) is 4.32. The van der Waals surface area contributed by atoms with Gasteiger partial charge in [-0.25, -0.2) is 0 Å². The van der Waals surface area contributed by atoms with Crippen LogP contribution in [0.5, 0.6) is 0 Å². The smallest absolute Gasteiger partial charge is 0.273 e. The average molecular weight is 458 g/mol. The van der Waals surface area contributed by atoms with Gasteiger partial charge in [0.25, 0.3) is 11.5 Å². The summed E-state index contributed by atoms with van der Waals surface area (Å²) in [6, 6.07) is 14.0. The van der Waals surface area contributed by atoms with E-state index < -0.39 is 0 Å². The van der Waals surface area contributed by atoms with Gasteiger partial charge in [0.15, 0.2) is 5.57 Å². The van der Waals surface area contributed by atoms with Crippen LogP contribution in [0.1, 0.15) is 40.7 Å². The van der Waals surface area contributed by atoms with Crippen LogP contribution in [0, 0.1) is 39.0 Å². The number of rotatable bonds is 3. The van der Waals surface area contributed by atoms with Gasteiger partial charge >= 0.3 is 0 Å². The molecule has 1 aromatic heterocycles. The van der Waals surface area contributed by atoms with E-state index in [1.54, 1.807) is 9.47 Å². The van der Waals surface area contributed by atoms with Crippen LogP contribution in [-0.4, -0.2) is 28.5 Å². The van der Waals surface area contributed by atoms with Crippen molar-refractivity contribution in [2.45, 2.75) is 40.5 Å². The van der Waals surface area contributed by atoms with Crippen LogP contribution in [-0.2, 0) is 4.79 Å². The molecule has 1 amide bonds. The SMILES string of the molecule is Cc1ccc(/C=c2\s/c(=C(/C#N)C(=O)N3CCCC3)n(-c3ccc(C)cc3C)c2=O)c(C)c1. The Morgan fingerprint density at radius 1 is 1.00 bits per heavy atom. The van der Waals surface area contributed by atoms with Gasteiger partial charge in [-0.05, 0) is 69.4 Å². The molecule has 1 aliphatic rings. The second-order valence-electron chi connectivity index (χ2n) is 8.69. The Morgan fingerprint density at radius 2 is 1.64 bits per heavy atom. The van der Waals surface area contributed by atoms with E-state index in [9.17, 15) is 14.9 Å². The van der Waals surface area contributed by atoms with Gasteiger partial charge in [-0.3, -0.25) is 14.2 Å². The zero-order valence-electron chi connectivity index (χ0n) is 19.4. The minimum Gasteiger partial charge on any atom is -0.338 e. The molecule has 33 heavy (non-hydrogen) atoms. The minimum absolute atomic E-state index is 0.0271. The zero-order valence-corrected chi connectivity index (χ0v) is 20.3. The monoisotopic (exact) mass is 457 g/mol. The first kappa shape index (κ1) is 22.8. The number of aryl methyl sites for hydroxylation is 4. The molecule has 1 saturated heterocycles. The van der Waals surface area contributed by atoms with Gasteiger partial charge in [0.1, 0.15) is 10.7 Å². The first-order valence-electron chi connectivity index (χ1n) is 11.1. The zero-order chi connectivity index (χ0) is 23.7. The maximum atomic E-state index is 13.7. The number of carbonyl (C=O) groups is 1. The summed E-state index contributed by atoms with van der Waals surface area (Å²) in [5.74, 6) is -0.298. The van der Waals surface area contributed by atoms with E-state index in [0.717, 1.165) is 40.7 Å². The molecule has 168 valence electrons. The standard InChI is InChI=1S/C27H27N3O2S/c1-17-7-9-21(19(3)13-17)15-24-26(32)30(23-10-8-18(2)14-20(23)4)27(33-24)22(16-28)25(31)29-11-5-6-12-29/h7-10,13-15H,5-6,11-12H2,1-4H3/b24-15-,27-22-. The number of hydrogen-bond donors (Lipinski definition) is 0. The summed E-state index contributed by atoms with van der Waals surface area (Å²) in [6.07, 6.45) is 3.73. The summed E-state index contributed by atoms with van der Waals surface area (Å²) in [7, 11) is 0. The van der Waals surface area contributed by atoms with Crippen LogP contribution in [0.15, 0.2) is 41.2 Å². The molecule has 1 fully saturated rings. The molecule has 2 aromatic carbocycles. The quantitative estimate of drug-likeness (QED) is 0.606. The molecule has 0 N–H and O–H groups in total. The van der Waals surface area contributed by atoms with Crippen LogP contribution in [0.2, 0.25) is 0 Å². The first-order chi connectivity index (χ1) is 15.8. The molecule has 0 spiro atoms. The van der Waals surface area contributed by atoms with Gasteiger partial charge in [-0.15, -0.1) is 11.3 Å². The molecule has 3 aromatic rings. The van der Waals surface area contributed by atoms with Crippen molar-refractivity contribution < 1.29 is 4.79 Å². The van der Waals surface area contributed by atoms with Crippen molar-refractivity contribution in [1.29, 1.82) is 5.26 Å². The number of nitrogens with zero attached hydrogens (tertiary/aromatic N) is 3. The fourth-order valence-corrected chi connectivity index (χ4v) is 5.40. The van der Waals surface area contributed by atoms with Gasteiger partial charge in [0, 0.05) is 13.1 Å². The Balaban J connectivity index is 2.06. The average Bonchev–Trinajstić information content (AvgIpc) is 3.40. The van der Waals surface area contributed by atoms with E-state index in [1.807, 2.05) is 64.1 Å². The van der Waals surface area contributed by atoms with Gasteiger partial charge in [0.2, 0.25) is 0 Å². The third kappa shape index (κ3) is 4.42. The lowest BCUT2D eigenvalue weighted by Crippen LogP contribution is -2.35. The van der Waals surface area contributed by atoms with E-state index >= 15 is 0 Å². The van der Waals surface area contributed by atoms with Crippen molar-refractivity contribution in [3.63, 3.8) is 0 Å². The van der Waals surface area contributed by atoms with E-state index in [4.69, 9.17) is 0 Å². The van der Waals surface area contributed by atoms with Gasteiger partial charge < -0.3 is 4.90 Å². The summed E-state index contributed by atoms with van der Waals surface area (Å²) >= 11 is 1.21. The van der Waals surface area contributed by atoms with E-state index in [2.05, 4.69) is 12.1 Å². The van der Waals surface area contributed by atoms with E-state index in [0.29, 0.717) is 28.0 Å². The van der Waals surface area contributed by atoms with Crippen LogP contribution < -0.4 is 14.8 Å². The van der Waals surface area contributed by atoms with Crippen molar-refractivity contribution in [2.75, 3.05) is 13.1 Å². The minimum atomic E-state index is -0.298. The molecule has 0 bridgehead atoms. The second kappa shape index (κ2) is 9.21. The Morgan fingerprint density at radius 3 is 2.24 bits per heavy atom. The number of carbonyl (C=O) groups excluding carboxylic acids is 1. The number of hydrogen-bond acceptors (Lipinski definition) is 4. The third-order valence-corrected chi connectivity index (χ3v) is 7.15. The predicted octanol–water partition coefficient (Wildman–Crippen LogP) is 3.26. The molecule has 0 radical (unpaired) electrons. The maximum absolute atomic E-state index is 13.7. The number of likely N-dealkylation sites (tertiary alicyclic amines) is 1. The lowest BCUT2D eigenvalue weighted by Gasteiger charge is -2.14. The van der Waals surface area contributed by atoms with Crippen molar-refractivity contribution in [3.05, 3.63) is 83.8 Å². The number of amides is 1. The second-order valence-corrected chi connectivity index (χ2v) is 9.72. The highest BCUT2D eigenvalue weighted by Crippen LogP contribution is 2.16. The van der Waals surface area contributed by atoms with Crippen LogP contribution in [0.4, 0.5) is 0 Å². The molecule has 2 heterocycles. The molecule has 6 heteroatoms. The van der Waals surface area contributed by atoms with E-state index in [-0.39, 0.29) is 17.0 Å². The largest absolute Gasteiger partial charge is 0.338 e. The van der Waals surface area contributed by atoms with Crippen LogP contribution in [0.3, 0.4) is 0 Å². The Labute approximate surface area is 197 Å².